The number of rotatable bonds is 3. The highest BCUT2D eigenvalue weighted by atomic mass is 16.6. The summed E-state index contributed by atoms with van der Waals surface area (Å²) >= 11 is 0. The van der Waals surface area contributed by atoms with E-state index in [2.05, 4.69) is 26.6 Å². The van der Waals surface area contributed by atoms with Crippen molar-refractivity contribution < 1.29 is 9.53 Å². The summed E-state index contributed by atoms with van der Waals surface area (Å²) in [5.74, 6) is 1.50. The fourth-order valence-electron chi connectivity index (χ4n) is 2.92. The lowest BCUT2D eigenvalue weighted by molar-refractivity contribution is 0.0516. The van der Waals surface area contributed by atoms with Gasteiger partial charge in [0.25, 0.3) is 0 Å². The van der Waals surface area contributed by atoms with Gasteiger partial charge >= 0.3 is 6.09 Å². The van der Waals surface area contributed by atoms with E-state index in [1.54, 1.807) is 0 Å². The number of pyridine rings is 1. The third-order valence-corrected chi connectivity index (χ3v) is 3.93. The molecule has 3 rings (SSSR count). The van der Waals surface area contributed by atoms with Crippen LogP contribution in [0.5, 0.6) is 0 Å². The van der Waals surface area contributed by atoms with Crippen LogP contribution in [0.1, 0.15) is 40.2 Å². The summed E-state index contributed by atoms with van der Waals surface area (Å²) in [6.45, 7) is 13.2. The number of carbonyl (C=O) groups excluding carboxylic acids is 1. The van der Waals surface area contributed by atoms with E-state index in [0.717, 1.165) is 31.9 Å². The van der Waals surface area contributed by atoms with Crippen molar-refractivity contribution in [2.45, 2.75) is 46.6 Å². The van der Waals surface area contributed by atoms with Crippen LogP contribution in [-0.4, -0.2) is 42.9 Å². The van der Waals surface area contributed by atoms with Gasteiger partial charge < -0.3 is 20.3 Å². The largest absolute Gasteiger partial charge is 0.444 e. The molecule has 6 heteroatoms. The van der Waals surface area contributed by atoms with Crippen molar-refractivity contribution in [3.8, 4) is 0 Å². The summed E-state index contributed by atoms with van der Waals surface area (Å²) in [7, 11) is 0. The molecule has 1 amide bonds. The van der Waals surface area contributed by atoms with Gasteiger partial charge in [-0.2, -0.15) is 0 Å². The first-order valence-electron chi connectivity index (χ1n) is 8.86. The Bertz CT molecular complexity index is 563. The fourth-order valence-corrected chi connectivity index (χ4v) is 2.92. The molecule has 2 aliphatic rings. The topological polar surface area (TPSA) is 66.5 Å². The van der Waals surface area contributed by atoms with Gasteiger partial charge in [-0.05, 0) is 33.3 Å². The van der Waals surface area contributed by atoms with Gasteiger partial charge in [-0.15, -0.1) is 0 Å². The quantitative estimate of drug-likeness (QED) is 0.889. The monoisotopic (exact) mass is 334 g/mol. The molecular weight excluding hydrogens is 304 g/mol. The number of amides is 1. The number of hydrogen-bond donors (Lipinski definition) is 2. The zero-order chi connectivity index (χ0) is 17.7. The highest BCUT2D eigenvalue weighted by Gasteiger charge is 2.30. The van der Waals surface area contributed by atoms with Crippen LogP contribution in [0.2, 0.25) is 0 Å². The average molecular weight is 334 g/mol. The molecule has 0 aromatic carbocycles. The summed E-state index contributed by atoms with van der Waals surface area (Å²) in [5, 5.41) is 6.16. The van der Waals surface area contributed by atoms with E-state index in [1.807, 2.05) is 40.8 Å². The van der Waals surface area contributed by atoms with E-state index in [1.165, 1.54) is 11.3 Å². The maximum absolute atomic E-state index is 11.6. The van der Waals surface area contributed by atoms with Gasteiger partial charge in [0.05, 0.1) is 0 Å². The second-order valence-electron chi connectivity index (χ2n) is 6.99. The number of anilines is 2. The Labute approximate surface area is 145 Å². The molecule has 1 saturated heterocycles. The molecule has 1 aromatic heterocycles. The fraction of sp³-hybridized carbons (Fsp3) is 0.667. The highest BCUT2D eigenvalue weighted by Crippen LogP contribution is 2.33. The molecule has 134 valence electrons. The number of alkyl carbamates (subject to hydrolysis) is 1. The Hall–Kier alpha value is -1.98. The number of ether oxygens (including phenoxy) is 1. The number of carbonyl (C=O) groups is 1. The molecular formula is C18H30N4O2. The number of hydrogen-bond acceptors (Lipinski definition) is 5. The lowest BCUT2D eigenvalue weighted by Gasteiger charge is -2.42. The molecule has 3 heterocycles. The molecule has 0 saturated carbocycles. The molecule has 1 fully saturated rings. The van der Waals surface area contributed by atoms with Crippen molar-refractivity contribution in [2.24, 2.45) is 5.92 Å². The van der Waals surface area contributed by atoms with Crippen LogP contribution in [0.25, 0.3) is 0 Å². The number of fused-ring (bicyclic) bond motifs is 1. The molecule has 0 spiro atoms. The number of aromatic nitrogens is 1. The van der Waals surface area contributed by atoms with Gasteiger partial charge in [-0.1, -0.05) is 13.8 Å². The van der Waals surface area contributed by atoms with Gasteiger partial charge in [0.2, 0.25) is 0 Å². The summed E-state index contributed by atoms with van der Waals surface area (Å²) in [5.41, 5.74) is 2.16. The molecule has 6 nitrogen and oxygen atoms in total. The van der Waals surface area contributed by atoms with Gasteiger partial charge in [-0.3, -0.25) is 0 Å². The van der Waals surface area contributed by atoms with Crippen molar-refractivity contribution in [3.05, 3.63) is 17.8 Å². The van der Waals surface area contributed by atoms with E-state index < -0.39 is 5.60 Å². The Kier molecular flexibility index (Phi) is 5.91. The van der Waals surface area contributed by atoms with E-state index in [-0.39, 0.29) is 6.09 Å². The van der Waals surface area contributed by atoms with Crippen molar-refractivity contribution >= 4 is 17.6 Å². The van der Waals surface area contributed by atoms with Crippen LogP contribution in [0, 0.1) is 5.92 Å². The molecule has 2 N–H and O–H groups in total. The van der Waals surface area contributed by atoms with Crippen LogP contribution in [0.3, 0.4) is 0 Å². The predicted molar refractivity (Wildman–Crippen MR) is 97.7 cm³/mol. The van der Waals surface area contributed by atoms with Crippen LogP contribution >= 0.6 is 0 Å². The van der Waals surface area contributed by atoms with Gasteiger partial charge in [0, 0.05) is 49.5 Å². The Morgan fingerprint density at radius 2 is 2.12 bits per heavy atom. The molecule has 0 atom stereocenters. The molecule has 0 radical (unpaired) electrons. The summed E-state index contributed by atoms with van der Waals surface area (Å²) in [6.07, 6.45) is 2.56. The summed E-state index contributed by atoms with van der Waals surface area (Å²) in [4.78, 5) is 18.4. The average Bonchev–Trinajstić information content (AvgIpc) is 2.95. The third kappa shape index (κ3) is 4.52. The number of nitrogens with one attached hydrogen (secondary N) is 2. The van der Waals surface area contributed by atoms with E-state index >= 15 is 0 Å². The lowest BCUT2D eigenvalue weighted by Crippen LogP contribution is -2.52. The lowest BCUT2D eigenvalue weighted by atomic mass is 9.98. The van der Waals surface area contributed by atoms with Crippen molar-refractivity contribution in [1.82, 2.24) is 10.3 Å². The molecule has 0 aliphatic carbocycles. The zero-order valence-electron chi connectivity index (χ0n) is 15.5. The summed E-state index contributed by atoms with van der Waals surface area (Å²) < 4.78 is 5.25. The Balaban J connectivity index is 0.00000100. The van der Waals surface area contributed by atoms with Gasteiger partial charge in [-0.25, -0.2) is 9.78 Å². The molecule has 0 bridgehead atoms. The minimum atomic E-state index is -0.444. The van der Waals surface area contributed by atoms with Gasteiger partial charge in [0.1, 0.15) is 11.4 Å². The van der Waals surface area contributed by atoms with Crippen molar-refractivity contribution in [3.63, 3.8) is 0 Å². The SMILES string of the molecule is CC.CC(C)(C)OC(=O)NCC1CN(c2ccnc3c2CCN3)C1. The van der Waals surface area contributed by atoms with Crippen LogP contribution in [-0.2, 0) is 11.2 Å². The van der Waals surface area contributed by atoms with Crippen molar-refractivity contribution in [2.75, 3.05) is 36.4 Å². The first-order chi connectivity index (χ1) is 11.4. The minimum Gasteiger partial charge on any atom is -0.444 e. The molecule has 1 aromatic rings. The maximum atomic E-state index is 11.6. The smallest absolute Gasteiger partial charge is 0.407 e. The van der Waals surface area contributed by atoms with Crippen LogP contribution in [0.4, 0.5) is 16.3 Å². The second-order valence-corrected chi connectivity index (χ2v) is 6.99. The van der Waals surface area contributed by atoms with E-state index in [0.29, 0.717) is 12.5 Å². The maximum Gasteiger partial charge on any atom is 0.407 e. The standard InChI is InChI=1S/C16H24N4O2.C2H6/c1-16(2,3)22-15(21)19-8-11-9-20(10-11)13-5-7-18-14-12(13)4-6-17-14;1-2/h5,7,11H,4,6,8-10H2,1-3H3,(H,17,18)(H,19,21);1-2H3. The zero-order valence-corrected chi connectivity index (χ0v) is 15.5. The van der Waals surface area contributed by atoms with E-state index in [9.17, 15) is 4.79 Å². The van der Waals surface area contributed by atoms with Crippen LogP contribution < -0.4 is 15.5 Å². The van der Waals surface area contributed by atoms with Crippen molar-refractivity contribution in [1.29, 1.82) is 0 Å². The molecule has 24 heavy (non-hydrogen) atoms. The normalized spacial score (nSPS) is 16.3. The third-order valence-electron chi connectivity index (χ3n) is 3.93. The van der Waals surface area contributed by atoms with E-state index in [4.69, 9.17) is 4.74 Å². The number of nitrogens with zero attached hydrogens (tertiary/aromatic N) is 2. The molecule has 0 unspecified atom stereocenters. The minimum absolute atomic E-state index is 0.333. The molecule has 2 aliphatic heterocycles. The highest BCUT2D eigenvalue weighted by molar-refractivity contribution is 5.68. The Morgan fingerprint density at radius 1 is 1.42 bits per heavy atom. The predicted octanol–water partition coefficient (Wildman–Crippen LogP) is 3.04. The summed E-state index contributed by atoms with van der Waals surface area (Å²) in [6, 6.07) is 2.09. The Morgan fingerprint density at radius 3 is 2.79 bits per heavy atom. The van der Waals surface area contributed by atoms with Crippen LogP contribution in [0.15, 0.2) is 12.3 Å². The second kappa shape index (κ2) is 7.73. The van der Waals surface area contributed by atoms with Gasteiger partial charge in [0.15, 0.2) is 0 Å². The first-order valence-corrected chi connectivity index (χ1v) is 8.86. The first kappa shape index (κ1) is 18.4.